The van der Waals surface area contributed by atoms with Crippen molar-refractivity contribution in [2.45, 2.75) is 57.5 Å². The van der Waals surface area contributed by atoms with Gasteiger partial charge in [0.25, 0.3) is 0 Å². The van der Waals surface area contributed by atoms with Gasteiger partial charge in [0.05, 0.1) is 6.04 Å². The normalized spacial score (nSPS) is 30.4. The van der Waals surface area contributed by atoms with Crippen LogP contribution in [-0.4, -0.2) is 60.1 Å². The van der Waals surface area contributed by atoms with E-state index in [4.69, 9.17) is 24.7 Å². The number of esters is 3. The van der Waals surface area contributed by atoms with E-state index in [-0.39, 0.29) is 6.61 Å². The molecule has 0 saturated carbocycles. The van der Waals surface area contributed by atoms with Gasteiger partial charge in [-0.15, -0.1) is 11.8 Å². The first-order valence-corrected chi connectivity index (χ1v) is 8.31. The zero-order chi connectivity index (χ0) is 17.6. The first-order valence-electron chi connectivity index (χ1n) is 7.26. The Morgan fingerprint density at radius 2 is 1.61 bits per heavy atom. The monoisotopic (exact) mass is 349 g/mol. The molecule has 1 rings (SSSR count). The largest absolute Gasteiger partial charge is 0.463 e. The second-order valence-corrected chi connectivity index (χ2v) is 6.40. The van der Waals surface area contributed by atoms with E-state index < -0.39 is 47.7 Å². The van der Waals surface area contributed by atoms with Crippen LogP contribution in [0.3, 0.4) is 0 Å². The highest BCUT2D eigenvalue weighted by Crippen LogP contribution is 2.31. The molecule has 1 saturated heterocycles. The van der Waals surface area contributed by atoms with Gasteiger partial charge in [-0.25, -0.2) is 0 Å². The zero-order valence-electron chi connectivity index (χ0n) is 13.6. The highest BCUT2D eigenvalue weighted by Gasteiger charge is 2.48. The van der Waals surface area contributed by atoms with Crippen LogP contribution >= 0.6 is 11.8 Å². The fourth-order valence-electron chi connectivity index (χ4n) is 2.25. The van der Waals surface area contributed by atoms with Crippen LogP contribution < -0.4 is 5.73 Å². The van der Waals surface area contributed by atoms with Crippen LogP contribution in [0, 0.1) is 0 Å². The first kappa shape index (κ1) is 19.7. The van der Waals surface area contributed by atoms with Crippen LogP contribution in [0.4, 0.5) is 0 Å². The Hall–Kier alpha value is -1.32. The summed E-state index contributed by atoms with van der Waals surface area (Å²) in [6.07, 6.45) is -2.38. The standard InChI is InChI=1S/C14H23NO7S/c1-5-23-14-13(21-9(4)18)11(15)12(20-8(3)17)10(22-14)6-19-7(2)16/h10-14H,5-6,15H2,1-4H3. The van der Waals surface area contributed by atoms with E-state index in [1.807, 2.05) is 6.92 Å². The maximum atomic E-state index is 11.3. The molecule has 0 amide bonds. The van der Waals surface area contributed by atoms with Gasteiger partial charge in [0.1, 0.15) is 24.3 Å². The van der Waals surface area contributed by atoms with Crippen LogP contribution in [0.1, 0.15) is 27.7 Å². The predicted octanol–water partition coefficient (Wildman–Crippen LogP) is 0.218. The lowest BCUT2D eigenvalue weighted by atomic mass is 9.97. The van der Waals surface area contributed by atoms with Gasteiger partial charge in [-0.1, -0.05) is 6.92 Å². The molecule has 1 heterocycles. The summed E-state index contributed by atoms with van der Waals surface area (Å²) in [5, 5.41) is 0. The minimum Gasteiger partial charge on any atom is -0.463 e. The molecule has 5 atom stereocenters. The van der Waals surface area contributed by atoms with Crippen LogP contribution in [0.2, 0.25) is 0 Å². The lowest BCUT2D eigenvalue weighted by molar-refractivity contribution is -0.201. The Balaban J connectivity index is 2.97. The van der Waals surface area contributed by atoms with E-state index in [0.717, 1.165) is 0 Å². The summed E-state index contributed by atoms with van der Waals surface area (Å²) in [6.45, 7) is 5.59. The molecule has 9 heteroatoms. The molecular weight excluding hydrogens is 326 g/mol. The molecule has 1 aliphatic heterocycles. The van der Waals surface area contributed by atoms with Crippen molar-refractivity contribution in [1.29, 1.82) is 0 Å². The van der Waals surface area contributed by atoms with Crippen LogP contribution in [0.15, 0.2) is 0 Å². The van der Waals surface area contributed by atoms with E-state index in [0.29, 0.717) is 5.75 Å². The van der Waals surface area contributed by atoms with Gasteiger partial charge in [0, 0.05) is 20.8 Å². The molecule has 0 aromatic heterocycles. The topological polar surface area (TPSA) is 114 Å². The van der Waals surface area contributed by atoms with Gasteiger partial charge in [-0.05, 0) is 5.75 Å². The molecule has 5 unspecified atom stereocenters. The van der Waals surface area contributed by atoms with Crippen molar-refractivity contribution >= 4 is 29.7 Å². The van der Waals surface area contributed by atoms with Gasteiger partial charge in [0.15, 0.2) is 6.10 Å². The van der Waals surface area contributed by atoms with Gasteiger partial charge in [0.2, 0.25) is 0 Å². The van der Waals surface area contributed by atoms with E-state index in [2.05, 4.69) is 0 Å². The van der Waals surface area contributed by atoms with E-state index in [1.54, 1.807) is 0 Å². The lowest BCUT2D eigenvalue weighted by Crippen LogP contribution is -2.63. The van der Waals surface area contributed by atoms with Gasteiger partial charge >= 0.3 is 17.9 Å². The molecule has 0 bridgehead atoms. The molecule has 0 aromatic rings. The van der Waals surface area contributed by atoms with Crippen LogP contribution in [0.5, 0.6) is 0 Å². The molecule has 1 aliphatic rings. The Labute approximate surface area is 139 Å². The van der Waals surface area contributed by atoms with E-state index in [9.17, 15) is 14.4 Å². The molecular formula is C14H23NO7S. The quantitative estimate of drug-likeness (QED) is 0.531. The van der Waals surface area contributed by atoms with Gasteiger partial charge < -0.3 is 24.7 Å². The molecule has 1 fully saturated rings. The summed E-state index contributed by atoms with van der Waals surface area (Å²) in [4.78, 5) is 33.7. The summed E-state index contributed by atoms with van der Waals surface area (Å²) in [5.74, 6) is -0.834. The highest BCUT2D eigenvalue weighted by molar-refractivity contribution is 7.99. The van der Waals surface area contributed by atoms with Crippen molar-refractivity contribution in [2.24, 2.45) is 5.73 Å². The summed E-state index contributed by atoms with van der Waals surface area (Å²) in [7, 11) is 0. The highest BCUT2D eigenvalue weighted by atomic mass is 32.2. The third-order valence-corrected chi connectivity index (χ3v) is 4.13. The van der Waals surface area contributed by atoms with Crippen LogP contribution in [0.25, 0.3) is 0 Å². The molecule has 0 aromatic carbocycles. The summed E-state index contributed by atoms with van der Waals surface area (Å²) in [6, 6.07) is -0.791. The third kappa shape index (κ3) is 6.00. The van der Waals surface area contributed by atoms with E-state index in [1.165, 1.54) is 32.5 Å². The van der Waals surface area contributed by atoms with Crippen molar-refractivity contribution in [1.82, 2.24) is 0 Å². The number of carbonyl (C=O) groups excluding carboxylic acids is 3. The summed E-state index contributed by atoms with van der Waals surface area (Å²) in [5.41, 5.74) is 5.61. The second kappa shape index (κ2) is 9.09. The maximum absolute atomic E-state index is 11.3. The van der Waals surface area contributed by atoms with Crippen molar-refractivity contribution < 1.29 is 33.3 Å². The zero-order valence-corrected chi connectivity index (χ0v) is 14.5. The summed E-state index contributed by atoms with van der Waals surface area (Å²) < 4.78 is 21.2. The Kier molecular flexibility index (Phi) is 7.80. The lowest BCUT2D eigenvalue weighted by Gasteiger charge is -2.43. The molecule has 0 spiro atoms. The van der Waals surface area contributed by atoms with Crippen molar-refractivity contribution in [3.8, 4) is 0 Å². The average Bonchev–Trinajstić information content (AvgIpc) is 2.43. The molecule has 0 radical (unpaired) electrons. The number of thioether (sulfide) groups is 1. The molecule has 0 aliphatic carbocycles. The average molecular weight is 349 g/mol. The smallest absolute Gasteiger partial charge is 0.303 e. The number of hydrogen-bond donors (Lipinski definition) is 1. The van der Waals surface area contributed by atoms with E-state index >= 15 is 0 Å². The first-order chi connectivity index (χ1) is 10.8. The van der Waals surface area contributed by atoms with Crippen molar-refractivity contribution in [2.75, 3.05) is 12.4 Å². The second-order valence-electron chi connectivity index (χ2n) is 5.03. The number of ether oxygens (including phenoxy) is 4. The molecule has 132 valence electrons. The van der Waals surface area contributed by atoms with Gasteiger partial charge in [-0.2, -0.15) is 0 Å². The Morgan fingerprint density at radius 1 is 1.04 bits per heavy atom. The minimum atomic E-state index is -0.884. The number of hydrogen-bond acceptors (Lipinski definition) is 9. The number of carbonyl (C=O) groups is 3. The molecule has 23 heavy (non-hydrogen) atoms. The number of nitrogens with two attached hydrogens (primary N) is 1. The summed E-state index contributed by atoms with van der Waals surface area (Å²) >= 11 is 1.40. The minimum absolute atomic E-state index is 0.103. The maximum Gasteiger partial charge on any atom is 0.303 e. The SMILES string of the molecule is CCSC1OC(COC(C)=O)C(OC(C)=O)C(N)C1OC(C)=O. The molecule has 8 nitrogen and oxygen atoms in total. The fraction of sp³-hybridized carbons (Fsp3) is 0.786. The Morgan fingerprint density at radius 3 is 2.09 bits per heavy atom. The molecule has 2 N–H and O–H groups in total. The van der Waals surface area contributed by atoms with Crippen LogP contribution in [-0.2, 0) is 33.3 Å². The van der Waals surface area contributed by atoms with Crippen molar-refractivity contribution in [3.63, 3.8) is 0 Å². The fourth-order valence-corrected chi connectivity index (χ4v) is 3.22. The van der Waals surface area contributed by atoms with Crippen molar-refractivity contribution in [3.05, 3.63) is 0 Å². The third-order valence-electron chi connectivity index (χ3n) is 3.09. The predicted molar refractivity (Wildman–Crippen MR) is 82.5 cm³/mol. The Bertz CT molecular complexity index is 443. The van der Waals surface area contributed by atoms with Gasteiger partial charge in [-0.3, -0.25) is 14.4 Å². The number of rotatable bonds is 6.